The van der Waals surface area contributed by atoms with Gasteiger partial charge in [-0.05, 0) is 43.9 Å². The molecule has 4 rings (SSSR count). The fraction of sp³-hybridized carbons (Fsp3) is 0.500. The van der Waals surface area contributed by atoms with Crippen LogP contribution in [-0.4, -0.2) is 58.8 Å². The summed E-state index contributed by atoms with van der Waals surface area (Å²) in [6.45, 7) is 1.93. The number of carbonyl (C=O) groups is 1. The number of nitrogens with zero attached hydrogens (tertiary/aromatic N) is 3. The Morgan fingerprint density at radius 1 is 1.31 bits per heavy atom. The van der Waals surface area contributed by atoms with Crippen LogP contribution in [0.25, 0.3) is 0 Å². The average Bonchev–Trinajstić information content (AvgIpc) is 3.29. The van der Waals surface area contributed by atoms with E-state index in [0.29, 0.717) is 20.9 Å². The fourth-order valence-corrected chi connectivity index (χ4v) is 6.95. The van der Waals surface area contributed by atoms with E-state index in [-0.39, 0.29) is 35.2 Å². The standard InChI is InChI=1S/C18H21ClN4O3S3/c1-11-14(19)3-2-4-15(11)20-17-21-22-18(28-17)27-9-16(24)23(12-5-6-12)13-7-8-29(25,26)10-13/h2-4,12-13H,5-10H2,1H3,(H,20,21). The molecule has 7 nitrogen and oxygen atoms in total. The topological polar surface area (TPSA) is 92.3 Å². The van der Waals surface area contributed by atoms with Gasteiger partial charge in [-0.1, -0.05) is 40.8 Å². The van der Waals surface area contributed by atoms with Crippen LogP contribution >= 0.6 is 34.7 Å². The highest BCUT2D eigenvalue weighted by Gasteiger charge is 2.41. The van der Waals surface area contributed by atoms with Crippen LogP contribution in [0.1, 0.15) is 24.8 Å². The van der Waals surface area contributed by atoms with Crippen LogP contribution in [0.15, 0.2) is 22.5 Å². The lowest BCUT2D eigenvalue weighted by molar-refractivity contribution is -0.130. The SMILES string of the molecule is Cc1c(Cl)cccc1Nc1nnc(SCC(=O)N(C2CC2)C2CCS(=O)(=O)C2)s1. The molecule has 0 bridgehead atoms. The van der Waals surface area contributed by atoms with Crippen molar-refractivity contribution >= 4 is 61.3 Å². The number of nitrogens with one attached hydrogen (secondary N) is 1. The van der Waals surface area contributed by atoms with Gasteiger partial charge in [-0.2, -0.15) is 0 Å². The molecule has 1 N–H and O–H groups in total. The molecule has 1 unspecified atom stereocenters. The number of carbonyl (C=O) groups excluding carboxylic acids is 1. The van der Waals surface area contributed by atoms with Gasteiger partial charge in [0.15, 0.2) is 14.2 Å². The minimum atomic E-state index is -3.02. The lowest BCUT2D eigenvalue weighted by atomic mass is 10.2. The molecule has 2 fully saturated rings. The Hall–Kier alpha value is -1.36. The van der Waals surface area contributed by atoms with Crippen molar-refractivity contribution in [2.45, 2.75) is 42.6 Å². The lowest BCUT2D eigenvalue weighted by Crippen LogP contribution is -2.43. The van der Waals surface area contributed by atoms with Crippen LogP contribution in [0.3, 0.4) is 0 Å². The van der Waals surface area contributed by atoms with E-state index < -0.39 is 9.84 Å². The number of thioether (sulfide) groups is 1. The zero-order valence-corrected chi connectivity index (χ0v) is 19.0. The lowest BCUT2D eigenvalue weighted by Gasteiger charge is -2.28. The number of anilines is 2. The largest absolute Gasteiger partial charge is 0.335 e. The number of rotatable bonds is 7. The Kier molecular flexibility index (Phi) is 6.06. The van der Waals surface area contributed by atoms with E-state index in [1.807, 2.05) is 30.0 Å². The normalized spacial score (nSPS) is 20.6. The summed E-state index contributed by atoms with van der Waals surface area (Å²) in [5.41, 5.74) is 1.80. The van der Waals surface area contributed by atoms with Crippen molar-refractivity contribution in [3.05, 3.63) is 28.8 Å². The fourth-order valence-electron chi connectivity index (χ4n) is 3.43. The first-order valence-electron chi connectivity index (χ1n) is 9.32. The highest BCUT2D eigenvalue weighted by atomic mass is 35.5. The van der Waals surface area contributed by atoms with Crippen molar-refractivity contribution in [2.75, 3.05) is 22.6 Å². The van der Waals surface area contributed by atoms with Crippen LogP contribution in [0, 0.1) is 6.92 Å². The van der Waals surface area contributed by atoms with Crippen LogP contribution in [0.2, 0.25) is 5.02 Å². The van der Waals surface area contributed by atoms with Gasteiger partial charge in [-0.15, -0.1) is 10.2 Å². The summed E-state index contributed by atoms with van der Waals surface area (Å²) in [4.78, 5) is 14.6. The van der Waals surface area contributed by atoms with E-state index in [2.05, 4.69) is 15.5 Å². The smallest absolute Gasteiger partial charge is 0.233 e. The molecule has 0 radical (unpaired) electrons. The Morgan fingerprint density at radius 2 is 2.10 bits per heavy atom. The second-order valence-corrected chi connectivity index (χ2v) is 12.1. The number of sulfone groups is 1. The maximum atomic E-state index is 12.8. The van der Waals surface area contributed by atoms with E-state index in [0.717, 1.165) is 24.1 Å². The monoisotopic (exact) mass is 472 g/mol. The van der Waals surface area contributed by atoms with Crippen molar-refractivity contribution in [3.63, 3.8) is 0 Å². The summed E-state index contributed by atoms with van der Waals surface area (Å²) in [5.74, 6) is 0.481. The molecule has 11 heteroatoms. The zero-order chi connectivity index (χ0) is 20.6. The van der Waals surface area contributed by atoms with E-state index in [4.69, 9.17) is 11.6 Å². The number of benzene rings is 1. The Labute approximate surface area is 183 Å². The third-order valence-corrected chi connectivity index (χ3v) is 9.18. The molecule has 1 aromatic carbocycles. The maximum absolute atomic E-state index is 12.8. The summed E-state index contributed by atoms with van der Waals surface area (Å²) < 4.78 is 24.3. The summed E-state index contributed by atoms with van der Waals surface area (Å²) in [6.07, 6.45) is 2.46. The molecule has 1 aromatic heterocycles. The third-order valence-electron chi connectivity index (χ3n) is 5.06. The van der Waals surface area contributed by atoms with Crippen molar-refractivity contribution in [3.8, 4) is 0 Å². The van der Waals surface area contributed by atoms with E-state index in [9.17, 15) is 13.2 Å². The highest BCUT2D eigenvalue weighted by molar-refractivity contribution is 8.01. The highest BCUT2D eigenvalue weighted by Crippen LogP contribution is 2.34. The molecular formula is C18H21ClN4O3S3. The summed E-state index contributed by atoms with van der Waals surface area (Å²) >= 11 is 8.85. The van der Waals surface area contributed by atoms with Crippen molar-refractivity contribution in [2.24, 2.45) is 0 Å². The third kappa shape index (κ3) is 5.04. The molecule has 1 amide bonds. The first-order valence-corrected chi connectivity index (χ1v) is 13.3. The minimum Gasteiger partial charge on any atom is -0.335 e. The summed E-state index contributed by atoms with van der Waals surface area (Å²) in [5, 5.41) is 12.8. The van der Waals surface area contributed by atoms with Crippen LogP contribution in [0.5, 0.6) is 0 Å². The van der Waals surface area contributed by atoms with Gasteiger partial charge < -0.3 is 10.2 Å². The first-order chi connectivity index (χ1) is 13.8. The minimum absolute atomic E-state index is 0.0185. The first kappa shape index (κ1) is 20.9. The number of aromatic nitrogens is 2. The maximum Gasteiger partial charge on any atom is 0.233 e. The van der Waals surface area contributed by atoms with E-state index in [1.165, 1.54) is 23.1 Å². The Bertz CT molecular complexity index is 1020. The molecule has 0 spiro atoms. The molecule has 1 atom stereocenters. The predicted octanol–water partition coefficient (Wildman–Crippen LogP) is 3.51. The summed E-state index contributed by atoms with van der Waals surface area (Å²) in [7, 11) is -3.02. The molecule has 1 aliphatic carbocycles. The summed E-state index contributed by atoms with van der Waals surface area (Å²) in [6, 6.07) is 5.62. The number of amides is 1. The van der Waals surface area contributed by atoms with E-state index >= 15 is 0 Å². The Balaban J connectivity index is 1.36. The Morgan fingerprint density at radius 3 is 2.79 bits per heavy atom. The predicted molar refractivity (Wildman–Crippen MR) is 117 cm³/mol. The molecule has 2 aliphatic rings. The molecule has 1 saturated carbocycles. The van der Waals surface area contributed by atoms with Gasteiger partial charge in [0.1, 0.15) is 0 Å². The van der Waals surface area contributed by atoms with Gasteiger partial charge in [0.05, 0.1) is 17.3 Å². The van der Waals surface area contributed by atoms with Crippen LogP contribution in [0.4, 0.5) is 10.8 Å². The van der Waals surface area contributed by atoms with Gasteiger partial charge in [0.2, 0.25) is 11.0 Å². The molecule has 156 valence electrons. The second-order valence-electron chi connectivity index (χ2n) is 7.29. The zero-order valence-electron chi connectivity index (χ0n) is 15.8. The number of hydrogen-bond donors (Lipinski definition) is 1. The van der Waals surface area contributed by atoms with Crippen molar-refractivity contribution < 1.29 is 13.2 Å². The van der Waals surface area contributed by atoms with Gasteiger partial charge in [0.25, 0.3) is 0 Å². The molecule has 1 saturated heterocycles. The van der Waals surface area contributed by atoms with Gasteiger partial charge in [-0.3, -0.25) is 4.79 Å². The van der Waals surface area contributed by atoms with Crippen LogP contribution < -0.4 is 5.32 Å². The second kappa shape index (κ2) is 8.41. The quantitative estimate of drug-likeness (QED) is 0.616. The van der Waals surface area contributed by atoms with E-state index in [1.54, 1.807) is 0 Å². The molecule has 1 aliphatic heterocycles. The molecular weight excluding hydrogens is 452 g/mol. The molecule has 29 heavy (non-hydrogen) atoms. The molecule has 2 aromatic rings. The average molecular weight is 473 g/mol. The van der Waals surface area contributed by atoms with Gasteiger partial charge in [0, 0.05) is 22.8 Å². The van der Waals surface area contributed by atoms with Gasteiger partial charge >= 0.3 is 0 Å². The number of hydrogen-bond acceptors (Lipinski definition) is 8. The van der Waals surface area contributed by atoms with Gasteiger partial charge in [-0.25, -0.2) is 8.42 Å². The van der Waals surface area contributed by atoms with Crippen molar-refractivity contribution in [1.29, 1.82) is 0 Å². The number of halogens is 1. The van der Waals surface area contributed by atoms with Crippen LogP contribution in [-0.2, 0) is 14.6 Å². The van der Waals surface area contributed by atoms with Crippen molar-refractivity contribution in [1.82, 2.24) is 15.1 Å². The molecule has 2 heterocycles.